The highest BCUT2D eigenvalue weighted by atomic mass is 16.3. The van der Waals surface area contributed by atoms with Gasteiger partial charge in [-0.15, -0.1) is 0 Å². The molecule has 2 unspecified atom stereocenters. The van der Waals surface area contributed by atoms with E-state index in [4.69, 9.17) is 5.73 Å². The highest BCUT2D eigenvalue weighted by Crippen LogP contribution is 2.43. The van der Waals surface area contributed by atoms with Crippen molar-refractivity contribution >= 4 is 11.8 Å². The zero-order valence-electron chi connectivity index (χ0n) is 20.3. The molecule has 2 bridgehead atoms. The fraction of sp³-hybridized carbons (Fsp3) is 0.500. The lowest BCUT2D eigenvalue weighted by atomic mass is 9.84. The van der Waals surface area contributed by atoms with Gasteiger partial charge >= 0.3 is 0 Å². The van der Waals surface area contributed by atoms with E-state index < -0.39 is 5.41 Å². The van der Waals surface area contributed by atoms with Crippen LogP contribution in [0.25, 0.3) is 0 Å². The van der Waals surface area contributed by atoms with E-state index in [1.54, 1.807) is 6.07 Å². The van der Waals surface area contributed by atoms with Crippen molar-refractivity contribution in [3.63, 3.8) is 0 Å². The lowest BCUT2D eigenvalue weighted by Gasteiger charge is -2.41. The van der Waals surface area contributed by atoms with E-state index in [9.17, 15) is 14.7 Å². The molecule has 0 radical (unpaired) electrons. The molecule has 2 heterocycles. The molecule has 0 aliphatic carbocycles. The number of primary amides is 1. The third-order valence-corrected chi connectivity index (χ3v) is 7.63. The summed E-state index contributed by atoms with van der Waals surface area (Å²) in [6.45, 7) is 5.48. The van der Waals surface area contributed by atoms with E-state index in [1.807, 2.05) is 61.2 Å². The molecule has 2 aromatic carbocycles. The Morgan fingerprint density at radius 1 is 1.06 bits per heavy atom. The van der Waals surface area contributed by atoms with Gasteiger partial charge in [0.1, 0.15) is 0 Å². The molecule has 34 heavy (non-hydrogen) atoms. The minimum absolute atomic E-state index is 0.00986. The number of carbonyl (C=O) groups excluding carboxylic acids is 2. The van der Waals surface area contributed by atoms with E-state index in [2.05, 4.69) is 11.0 Å². The third kappa shape index (κ3) is 5.34. The van der Waals surface area contributed by atoms with Crippen molar-refractivity contribution in [2.24, 2.45) is 11.1 Å². The summed E-state index contributed by atoms with van der Waals surface area (Å²) in [5.41, 5.74) is 7.58. The normalized spacial score (nSPS) is 22.5. The Morgan fingerprint density at radius 2 is 1.74 bits per heavy atom. The number of hydrogen-bond donors (Lipinski definition) is 2. The standard InChI is InChI=1S/C28H37N3O3/c1-28(2,19-32)27(34)30(18-20-7-4-3-5-8-20)13-14-31-24-11-12-25(31)17-23(16-24)21-9-6-10-22(15-21)26(29)33/h3-10,15,23-25,32H,11-14,16-19H2,1-2H3,(H2,29,33). The van der Waals surface area contributed by atoms with Gasteiger partial charge in [0.2, 0.25) is 11.8 Å². The van der Waals surface area contributed by atoms with E-state index in [1.165, 1.54) is 18.4 Å². The average Bonchev–Trinajstić information content (AvgIpc) is 3.08. The summed E-state index contributed by atoms with van der Waals surface area (Å²) in [5, 5.41) is 9.79. The average molecular weight is 464 g/mol. The van der Waals surface area contributed by atoms with E-state index in [-0.39, 0.29) is 18.4 Å². The summed E-state index contributed by atoms with van der Waals surface area (Å²) in [4.78, 5) is 29.4. The Labute approximate surface area is 202 Å². The highest BCUT2D eigenvalue weighted by molar-refractivity contribution is 5.92. The smallest absolute Gasteiger partial charge is 0.248 e. The predicted molar refractivity (Wildman–Crippen MR) is 133 cm³/mol. The van der Waals surface area contributed by atoms with Crippen LogP contribution in [0.15, 0.2) is 54.6 Å². The molecule has 2 fully saturated rings. The van der Waals surface area contributed by atoms with E-state index >= 15 is 0 Å². The van der Waals surface area contributed by atoms with Crippen LogP contribution in [-0.4, -0.2) is 58.5 Å². The van der Waals surface area contributed by atoms with Crippen LogP contribution < -0.4 is 5.73 Å². The summed E-state index contributed by atoms with van der Waals surface area (Å²) in [6.07, 6.45) is 4.47. The van der Waals surface area contributed by atoms with E-state index in [0.29, 0.717) is 36.7 Å². The summed E-state index contributed by atoms with van der Waals surface area (Å²) in [5.74, 6) is 0.0454. The maximum atomic E-state index is 13.3. The zero-order valence-corrected chi connectivity index (χ0v) is 20.3. The van der Waals surface area contributed by atoms with Crippen molar-refractivity contribution in [1.82, 2.24) is 9.80 Å². The molecule has 0 aromatic heterocycles. The first-order valence-corrected chi connectivity index (χ1v) is 12.4. The molecule has 3 N–H and O–H groups in total. The molecular weight excluding hydrogens is 426 g/mol. The molecule has 2 aromatic rings. The Morgan fingerprint density at radius 3 is 2.35 bits per heavy atom. The molecule has 2 atom stereocenters. The molecule has 4 rings (SSSR count). The van der Waals surface area contributed by atoms with Crippen molar-refractivity contribution in [2.75, 3.05) is 19.7 Å². The SMILES string of the molecule is CC(C)(CO)C(=O)N(CCN1C2CCC1CC(c1cccc(C(N)=O)c1)C2)Cc1ccccc1. The number of aliphatic hydroxyl groups is 1. The lowest BCUT2D eigenvalue weighted by Crippen LogP contribution is -2.49. The second-order valence-corrected chi connectivity index (χ2v) is 10.5. The molecule has 2 aliphatic heterocycles. The fourth-order valence-corrected chi connectivity index (χ4v) is 5.65. The van der Waals surface area contributed by atoms with Crippen LogP contribution in [0.4, 0.5) is 0 Å². The summed E-state index contributed by atoms with van der Waals surface area (Å²) < 4.78 is 0. The van der Waals surface area contributed by atoms with Crippen molar-refractivity contribution in [1.29, 1.82) is 0 Å². The molecule has 0 saturated carbocycles. The number of piperidine rings is 1. The van der Waals surface area contributed by atoms with Gasteiger partial charge in [0.15, 0.2) is 0 Å². The van der Waals surface area contributed by atoms with E-state index in [0.717, 1.165) is 24.9 Å². The van der Waals surface area contributed by atoms with Gasteiger partial charge in [-0.1, -0.05) is 42.5 Å². The molecular formula is C28H37N3O3. The van der Waals surface area contributed by atoms with Crippen LogP contribution >= 0.6 is 0 Å². The summed E-state index contributed by atoms with van der Waals surface area (Å²) in [7, 11) is 0. The van der Waals surface area contributed by atoms with Crippen molar-refractivity contribution in [3.05, 3.63) is 71.3 Å². The number of fused-ring (bicyclic) bond motifs is 2. The van der Waals surface area contributed by atoms with Gasteiger partial charge in [0, 0.05) is 37.3 Å². The molecule has 2 amide bonds. The van der Waals surface area contributed by atoms with Crippen molar-refractivity contribution in [2.45, 2.75) is 64.1 Å². The van der Waals surface area contributed by atoms with Gasteiger partial charge in [0.25, 0.3) is 0 Å². The van der Waals surface area contributed by atoms with Crippen LogP contribution in [0, 0.1) is 5.41 Å². The zero-order chi connectivity index (χ0) is 24.3. The minimum atomic E-state index is -0.799. The largest absolute Gasteiger partial charge is 0.395 e. The first kappa shape index (κ1) is 24.4. The number of amides is 2. The topological polar surface area (TPSA) is 86.9 Å². The quantitative estimate of drug-likeness (QED) is 0.596. The predicted octanol–water partition coefficient (Wildman–Crippen LogP) is 3.54. The third-order valence-electron chi connectivity index (χ3n) is 7.63. The second-order valence-electron chi connectivity index (χ2n) is 10.5. The number of nitrogens with zero attached hydrogens (tertiary/aromatic N) is 2. The van der Waals surface area contributed by atoms with Gasteiger partial charge in [-0.3, -0.25) is 14.5 Å². The number of nitrogens with two attached hydrogens (primary N) is 1. The van der Waals surface area contributed by atoms with Crippen molar-refractivity contribution in [3.8, 4) is 0 Å². The molecule has 2 saturated heterocycles. The number of rotatable bonds is 9. The van der Waals surface area contributed by atoms with Gasteiger partial charge in [-0.25, -0.2) is 0 Å². The first-order valence-electron chi connectivity index (χ1n) is 12.4. The Bertz CT molecular complexity index is 993. The number of hydrogen-bond acceptors (Lipinski definition) is 4. The van der Waals surface area contributed by atoms with Crippen LogP contribution in [0.2, 0.25) is 0 Å². The molecule has 0 spiro atoms. The number of aliphatic hydroxyl groups excluding tert-OH is 1. The lowest BCUT2D eigenvalue weighted by molar-refractivity contribution is -0.143. The monoisotopic (exact) mass is 463 g/mol. The minimum Gasteiger partial charge on any atom is -0.395 e. The second kappa shape index (κ2) is 10.3. The number of carbonyl (C=O) groups is 2. The maximum absolute atomic E-state index is 13.3. The highest BCUT2D eigenvalue weighted by Gasteiger charge is 2.41. The molecule has 6 heteroatoms. The molecule has 182 valence electrons. The maximum Gasteiger partial charge on any atom is 0.248 e. The van der Waals surface area contributed by atoms with Gasteiger partial charge in [0.05, 0.1) is 12.0 Å². The van der Waals surface area contributed by atoms with Gasteiger partial charge < -0.3 is 15.7 Å². The van der Waals surface area contributed by atoms with Gasteiger partial charge in [-0.2, -0.15) is 0 Å². The Balaban J connectivity index is 1.44. The van der Waals surface area contributed by atoms with Crippen LogP contribution in [-0.2, 0) is 11.3 Å². The van der Waals surface area contributed by atoms with Crippen LogP contribution in [0.5, 0.6) is 0 Å². The summed E-state index contributed by atoms with van der Waals surface area (Å²) >= 11 is 0. The first-order chi connectivity index (χ1) is 16.3. The fourth-order valence-electron chi connectivity index (χ4n) is 5.65. The van der Waals surface area contributed by atoms with Crippen LogP contribution in [0.1, 0.15) is 66.9 Å². The number of benzene rings is 2. The van der Waals surface area contributed by atoms with Gasteiger partial charge in [-0.05, 0) is 68.7 Å². The Hall–Kier alpha value is -2.70. The Kier molecular flexibility index (Phi) is 7.39. The summed E-state index contributed by atoms with van der Waals surface area (Å²) in [6, 6.07) is 18.8. The molecule has 2 aliphatic rings. The van der Waals surface area contributed by atoms with Crippen LogP contribution in [0.3, 0.4) is 0 Å². The van der Waals surface area contributed by atoms with Crippen molar-refractivity contribution < 1.29 is 14.7 Å². The molecule has 6 nitrogen and oxygen atoms in total.